The first-order valence-corrected chi connectivity index (χ1v) is 7.51. The van der Waals surface area contributed by atoms with E-state index >= 15 is 0 Å². The van der Waals surface area contributed by atoms with E-state index in [1.54, 1.807) is 29.5 Å². The lowest BCUT2D eigenvalue weighted by molar-refractivity contribution is -0.384. The number of nitrogens with one attached hydrogen (secondary N) is 1. The Labute approximate surface area is 120 Å². The third kappa shape index (κ3) is 3.02. The molecule has 1 fully saturated rings. The lowest BCUT2D eigenvalue weighted by atomic mass is 10.1. The maximum Gasteiger partial charge on any atom is 0.278 e. The van der Waals surface area contributed by atoms with Crippen molar-refractivity contribution in [2.75, 3.05) is 6.54 Å². The van der Waals surface area contributed by atoms with Gasteiger partial charge in [-0.25, -0.2) is 4.98 Å². The Hall–Kier alpha value is -1.79. The zero-order valence-electron chi connectivity index (χ0n) is 10.9. The van der Waals surface area contributed by atoms with Crippen molar-refractivity contribution in [3.05, 3.63) is 44.8 Å². The van der Waals surface area contributed by atoms with Crippen molar-refractivity contribution in [2.45, 2.75) is 19.4 Å². The number of nitro benzene ring substituents is 1. The van der Waals surface area contributed by atoms with Gasteiger partial charge in [-0.05, 0) is 31.4 Å². The number of rotatable bonds is 6. The first kappa shape index (κ1) is 13.2. The standard InChI is InChI=1S/C14H15N3O2S/c18-17(19)13-4-2-1-3-11(13)12-9-20-14(16-12)8-15-7-10-5-6-10/h1-4,9-10,15H,5-8H2. The average Bonchev–Trinajstić information content (AvgIpc) is 3.15. The van der Waals surface area contributed by atoms with Crippen LogP contribution in [0.4, 0.5) is 5.69 Å². The molecule has 104 valence electrons. The summed E-state index contributed by atoms with van der Waals surface area (Å²) < 4.78 is 0. The molecule has 0 bridgehead atoms. The van der Waals surface area contributed by atoms with Crippen LogP contribution >= 0.6 is 11.3 Å². The molecule has 0 spiro atoms. The maximum atomic E-state index is 11.0. The molecule has 1 aliphatic rings. The molecule has 20 heavy (non-hydrogen) atoms. The highest BCUT2D eigenvalue weighted by Crippen LogP contribution is 2.30. The third-order valence-electron chi connectivity index (χ3n) is 3.33. The molecular weight excluding hydrogens is 274 g/mol. The van der Waals surface area contributed by atoms with Gasteiger partial charge in [0.1, 0.15) is 5.01 Å². The lowest BCUT2D eigenvalue weighted by Crippen LogP contribution is -2.15. The fraction of sp³-hybridized carbons (Fsp3) is 0.357. The Morgan fingerprint density at radius 1 is 1.40 bits per heavy atom. The summed E-state index contributed by atoms with van der Waals surface area (Å²) in [7, 11) is 0. The van der Waals surface area contributed by atoms with Crippen LogP contribution in [0.25, 0.3) is 11.3 Å². The SMILES string of the molecule is O=[N+]([O-])c1ccccc1-c1csc(CNCC2CC2)n1. The summed E-state index contributed by atoms with van der Waals surface area (Å²) in [6.07, 6.45) is 2.65. The van der Waals surface area contributed by atoms with E-state index in [9.17, 15) is 10.1 Å². The van der Waals surface area contributed by atoms with Gasteiger partial charge in [-0.2, -0.15) is 0 Å². The lowest BCUT2D eigenvalue weighted by Gasteiger charge is -2.00. The van der Waals surface area contributed by atoms with Gasteiger partial charge in [0.2, 0.25) is 0 Å². The average molecular weight is 289 g/mol. The van der Waals surface area contributed by atoms with Crippen LogP contribution in [0.1, 0.15) is 17.8 Å². The molecule has 1 heterocycles. The molecule has 0 saturated heterocycles. The second kappa shape index (κ2) is 5.68. The molecule has 0 aliphatic heterocycles. The molecule has 0 radical (unpaired) electrons. The number of para-hydroxylation sites is 1. The van der Waals surface area contributed by atoms with Gasteiger partial charge >= 0.3 is 0 Å². The van der Waals surface area contributed by atoms with Crippen molar-refractivity contribution in [3.8, 4) is 11.3 Å². The Bertz CT molecular complexity index is 622. The van der Waals surface area contributed by atoms with E-state index in [4.69, 9.17) is 0 Å². The second-order valence-corrected chi connectivity index (χ2v) is 5.92. The van der Waals surface area contributed by atoms with Crippen LogP contribution in [0.3, 0.4) is 0 Å². The summed E-state index contributed by atoms with van der Waals surface area (Å²) in [5.74, 6) is 0.838. The van der Waals surface area contributed by atoms with Gasteiger partial charge in [-0.15, -0.1) is 11.3 Å². The number of hydrogen-bond donors (Lipinski definition) is 1. The van der Waals surface area contributed by atoms with Crippen LogP contribution in [0, 0.1) is 16.0 Å². The number of thiazole rings is 1. The summed E-state index contributed by atoms with van der Waals surface area (Å²) in [6.45, 7) is 1.78. The van der Waals surface area contributed by atoms with Crippen molar-refractivity contribution < 1.29 is 4.92 Å². The topological polar surface area (TPSA) is 68.1 Å². The Morgan fingerprint density at radius 2 is 2.20 bits per heavy atom. The molecule has 1 aromatic carbocycles. The Kier molecular flexibility index (Phi) is 3.75. The highest BCUT2D eigenvalue weighted by atomic mass is 32.1. The summed E-state index contributed by atoms with van der Waals surface area (Å²) in [4.78, 5) is 15.2. The Balaban J connectivity index is 1.73. The normalized spacial score (nSPS) is 14.4. The van der Waals surface area contributed by atoms with Gasteiger partial charge in [-0.1, -0.05) is 12.1 Å². The molecule has 5 nitrogen and oxygen atoms in total. The number of benzene rings is 1. The highest BCUT2D eigenvalue weighted by molar-refractivity contribution is 7.09. The number of nitro groups is 1. The van der Waals surface area contributed by atoms with E-state index in [-0.39, 0.29) is 10.6 Å². The monoisotopic (exact) mass is 289 g/mol. The van der Waals surface area contributed by atoms with Crippen LogP contribution in [0.2, 0.25) is 0 Å². The zero-order chi connectivity index (χ0) is 13.9. The summed E-state index contributed by atoms with van der Waals surface area (Å²) in [5, 5.41) is 17.3. The van der Waals surface area contributed by atoms with Crippen molar-refractivity contribution in [3.63, 3.8) is 0 Å². The molecule has 2 aromatic rings. The van der Waals surface area contributed by atoms with Crippen LogP contribution in [0.15, 0.2) is 29.6 Å². The van der Waals surface area contributed by atoms with Gasteiger partial charge in [0.25, 0.3) is 5.69 Å². The fourth-order valence-corrected chi connectivity index (χ4v) is 2.83. The van der Waals surface area contributed by atoms with E-state index in [0.717, 1.165) is 24.0 Å². The van der Waals surface area contributed by atoms with Crippen molar-refractivity contribution >= 4 is 17.0 Å². The molecule has 1 saturated carbocycles. The second-order valence-electron chi connectivity index (χ2n) is 4.98. The molecule has 1 aromatic heterocycles. The van der Waals surface area contributed by atoms with Gasteiger partial charge in [-0.3, -0.25) is 10.1 Å². The summed E-state index contributed by atoms with van der Waals surface area (Å²) in [5.41, 5.74) is 1.38. The summed E-state index contributed by atoms with van der Waals surface area (Å²) >= 11 is 1.54. The van der Waals surface area contributed by atoms with E-state index < -0.39 is 0 Å². The van der Waals surface area contributed by atoms with Crippen molar-refractivity contribution in [2.24, 2.45) is 5.92 Å². The van der Waals surface area contributed by atoms with E-state index in [0.29, 0.717) is 11.3 Å². The smallest absolute Gasteiger partial charge is 0.278 e. The van der Waals surface area contributed by atoms with Crippen molar-refractivity contribution in [1.82, 2.24) is 10.3 Å². The van der Waals surface area contributed by atoms with Crippen LogP contribution in [0.5, 0.6) is 0 Å². The maximum absolute atomic E-state index is 11.0. The predicted molar refractivity (Wildman–Crippen MR) is 78.6 cm³/mol. The largest absolute Gasteiger partial charge is 0.310 e. The van der Waals surface area contributed by atoms with Crippen LogP contribution < -0.4 is 5.32 Å². The van der Waals surface area contributed by atoms with Gasteiger partial charge < -0.3 is 5.32 Å². The van der Waals surface area contributed by atoms with E-state index in [1.165, 1.54) is 18.9 Å². The summed E-state index contributed by atoms with van der Waals surface area (Å²) in [6, 6.07) is 6.73. The minimum absolute atomic E-state index is 0.107. The van der Waals surface area contributed by atoms with Crippen LogP contribution in [-0.4, -0.2) is 16.5 Å². The highest BCUT2D eigenvalue weighted by Gasteiger charge is 2.20. The molecule has 3 rings (SSSR count). The van der Waals surface area contributed by atoms with Gasteiger partial charge in [0, 0.05) is 18.0 Å². The molecule has 1 aliphatic carbocycles. The van der Waals surface area contributed by atoms with Crippen molar-refractivity contribution in [1.29, 1.82) is 0 Å². The molecule has 0 unspecified atom stereocenters. The molecule has 6 heteroatoms. The Morgan fingerprint density at radius 3 is 2.95 bits per heavy atom. The number of hydrogen-bond acceptors (Lipinski definition) is 5. The molecular formula is C14H15N3O2S. The number of aromatic nitrogens is 1. The quantitative estimate of drug-likeness (QED) is 0.655. The van der Waals surface area contributed by atoms with E-state index in [2.05, 4.69) is 10.3 Å². The first-order valence-electron chi connectivity index (χ1n) is 6.63. The third-order valence-corrected chi connectivity index (χ3v) is 4.18. The fourth-order valence-electron chi connectivity index (χ4n) is 2.07. The molecule has 1 N–H and O–H groups in total. The first-order chi connectivity index (χ1) is 9.74. The zero-order valence-corrected chi connectivity index (χ0v) is 11.7. The van der Waals surface area contributed by atoms with Gasteiger partial charge in [0.15, 0.2) is 0 Å². The minimum atomic E-state index is -0.361. The number of nitrogens with zero attached hydrogens (tertiary/aromatic N) is 2. The molecule has 0 atom stereocenters. The van der Waals surface area contributed by atoms with Gasteiger partial charge in [0.05, 0.1) is 16.2 Å². The predicted octanol–water partition coefficient (Wildman–Crippen LogP) is 3.22. The molecule has 0 amide bonds. The van der Waals surface area contributed by atoms with E-state index in [1.807, 2.05) is 5.38 Å². The van der Waals surface area contributed by atoms with Crippen LogP contribution in [-0.2, 0) is 6.54 Å². The minimum Gasteiger partial charge on any atom is -0.310 e.